The van der Waals surface area contributed by atoms with Gasteiger partial charge in [0, 0.05) is 6.54 Å². The third-order valence-corrected chi connectivity index (χ3v) is 2.48. The number of hydrogen-bond donors (Lipinski definition) is 2. The lowest BCUT2D eigenvalue weighted by Gasteiger charge is -2.11. The summed E-state index contributed by atoms with van der Waals surface area (Å²) in [6.45, 7) is 2.28. The lowest BCUT2D eigenvalue weighted by atomic mass is 10.2. The molecule has 2 N–H and O–H groups in total. The van der Waals surface area contributed by atoms with E-state index >= 15 is 0 Å². The number of benzene rings is 1. The lowest BCUT2D eigenvalue weighted by Crippen LogP contribution is -2.28. The Morgan fingerprint density at radius 2 is 2.05 bits per heavy atom. The molecule has 0 heterocycles. The van der Waals surface area contributed by atoms with Gasteiger partial charge in [0.25, 0.3) is 5.91 Å². The smallest absolute Gasteiger partial charge is 0.427 e. The zero-order valence-electron chi connectivity index (χ0n) is 12.7. The molecule has 0 unspecified atom stereocenters. The van der Waals surface area contributed by atoms with E-state index in [1.54, 1.807) is 18.2 Å². The monoisotopic (exact) mass is 309 g/mol. The fourth-order valence-corrected chi connectivity index (χ4v) is 1.48. The van der Waals surface area contributed by atoms with Crippen molar-refractivity contribution in [1.29, 1.82) is 0 Å². The van der Waals surface area contributed by atoms with Crippen LogP contribution in [0.1, 0.15) is 12.5 Å². The Morgan fingerprint density at radius 1 is 1.27 bits per heavy atom. The first-order valence-corrected chi connectivity index (χ1v) is 6.55. The van der Waals surface area contributed by atoms with Crippen LogP contribution in [0.15, 0.2) is 23.3 Å². The Balaban J connectivity index is 2.70. The van der Waals surface area contributed by atoms with E-state index in [1.165, 1.54) is 20.4 Å². The van der Waals surface area contributed by atoms with Crippen LogP contribution >= 0.6 is 0 Å². The van der Waals surface area contributed by atoms with E-state index in [1.807, 2.05) is 6.92 Å². The molecule has 2 amide bonds. The van der Waals surface area contributed by atoms with Crippen molar-refractivity contribution in [1.82, 2.24) is 10.7 Å². The van der Waals surface area contributed by atoms with Gasteiger partial charge in [0.1, 0.15) is 0 Å². The topological polar surface area (TPSA) is 98.2 Å². The lowest BCUT2D eigenvalue weighted by molar-refractivity contribution is -0.123. The molecule has 8 heteroatoms. The minimum atomic E-state index is -0.662. The highest BCUT2D eigenvalue weighted by atomic mass is 16.5. The second-order valence-electron chi connectivity index (χ2n) is 4.01. The number of amides is 2. The Hall–Kier alpha value is -2.77. The van der Waals surface area contributed by atoms with Crippen LogP contribution in [0.4, 0.5) is 4.79 Å². The fraction of sp³-hybridized carbons (Fsp3) is 0.357. The van der Waals surface area contributed by atoms with Gasteiger partial charge in [-0.15, -0.1) is 0 Å². The molecular formula is C14H19N3O5. The van der Waals surface area contributed by atoms with Crippen molar-refractivity contribution in [3.63, 3.8) is 0 Å². The van der Waals surface area contributed by atoms with Crippen LogP contribution in [0.5, 0.6) is 11.5 Å². The normalized spacial score (nSPS) is 10.1. The van der Waals surface area contributed by atoms with Crippen molar-refractivity contribution >= 4 is 18.2 Å². The number of carbonyl (C=O) groups excluding carboxylic acids is 2. The van der Waals surface area contributed by atoms with Gasteiger partial charge in [-0.05, 0) is 30.7 Å². The molecule has 0 aliphatic carbocycles. The highest BCUT2D eigenvalue weighted by Gasteiger charge is 2.07. The zero-order chi connectivity index (χ0) is 16.4. The summed E-state index contributed by atoms with van der Waals surface area (Å²) in [5.41, 5.74) is 2.85. The van der Waals surface area contributed by atoms with Crippen LogP contribution in [0.25, 0.3) is 0 Å². The Kier molecular flexibility index (Phi) is 7.24. The molecule has 1 aromatic carbocycles. The van der Waals surface area contributed by atoms with Crippen molar-refractivity contribution in [2.75, 3.05) is 27.4 Å². The van der Waals surface area contributed by atoms with Gasteiger partial charge in [-0.2, -0.15) is 5.10 Å². The molecular weight excluding hydrogens is 290 g/mol. The van der Waals surface area contributed by atoms with Crippen molar-refractivity contribution in [3.8, 4) is 11.5 Å². The number of methoxy groups -OCH3 is 2. The number of carbonyl (C=O) groups is 2. The predicted octanol–water partition coefficient (Wildman–Crippen LogP) is 0.900. The zero-order valence-corrected chi connectivity index (χ0v) is 12.7. The predicted molar refractivity (Wildman–Crippen MR) is 80.3 cm³/mol. The highest BCUT2D eigenvalue weighted by molar-refractivity contribution is 5.82. The minimum absolute atomic E-state index is 0.0957. The number of rotatable bonds is 7. The molecule has 120 valence electrons. The Morgan fingerprint density at radius 3 is 2.68 bits per heavy atom. The maximum atomic E-state index is 11.4. The van der Waals surface area contributed by atoms with Crippen LogP contribution in [-0.2, 0) is 9.53 Å². The van der Waals surface area contributed by atoms with E-state index in [4.69, 9.17) is 9.47 Å². The molecule has 0 radical (unpaired) electrons. The van der Waals surface area contributed by atoms with Crippen LogP contribution < -0.4 is 20.2 Å². The summed E-state index contributed by atoms with van der Waals surface area (Å²) >= 11 is 0. The van der Waals surface area contributed by atoms with Gasteiger partial charge < -0.3 is 19.5 Å². The average molecular weight is 309 g/mol. The summed E-state index contributed by atoms with van der Waals surface area (Å²) in [4.78, 5) is 22.2. The Bertz CT molecular complexity index is 545. The molecule has 1 aromatic rings. The largest absolute Gasteiger partial charge is 0.493 e. The summed E-state index contributed by atoms with van der Waals surface area (Å²) in [6.07, 6.45) is 0.762. The van der Waals surface area contributed by atoms with E-state index < -0.39 is 6.09 Å². The van der Waals surface area contributed by atoms with Gasteiger partial charge in [-0.1, -0.05) is 0 Å². The molecule has 0 aliphatic heterocycles. The first-order chi connectivity index (χ1) is 10.6. The van der Waals surface area contributed by atoms with Crippen LogP contribution in [0.3, 0.4) is 0 Å². The van der Waals surface area contributed by atoms with E-state index in [2.05, 4.69) is 20.6 Å². The van der Waals surface area contributed by atoms with E-state index in [0.717, 1.165) is 0 Å². The van der Waals surface area contributed by atoms with Gasteiger partial charge in [0.2, 0.25) is 0 Å². The average Bonchev–Trinajstić information content (AvgIpc) is 2.53. The molecule has 0 fully saturated rings. The minimum Gasteiger partial charge on any atom is -0.493 e. The number of hydrazone groups is 1. The third kappa shape index (κ3) is 5.70. The van der Waals surface area contributed by atoms with Crippen LogP contribution in [0.2, 0.25) is 0 Å². The van der Waals surface area contributed by atoms with Crippen molar-refractivity contribution in [2.45, 2.75) is 6.92 Å². The molecule has 1 rings (SSSR count). The van der Waals surface area contributed by atoms with Gasteiger partial charge in [0.05, 0.1) is 20.4 Å². The molecule has 8 nitrogen and oxygen atoms in total. The van der Waals surface area contributed by atoms with E-state index in [-0.39, 0.29) is 12.5 Å². The van der Waals surface area contributed by atoms with E-state index in [0.29, 0.717) is 23.6 Å². The number of nitrogens with one attached hydrogen (secondary N) is 2. The second-order valence-corrected chi connectivity index (χ2v) is 4.01. The van der Waals surface area contributed by atoms with Crippen molar-refractivity contribution in [3.05, 3.63) is 23.8 Å². The Labute approximate surface area is 128 Å². The van der Waals surface area contributed by atoms with Crippen LogP contribution in [-0.4, -0.2) is 45.6 Å². The first-order valence-electron chi connectivity index (χ1n) is 6.55. The first kappa shape index (κ1) is 17.3. The number of ether oxygens (including phenoxy) is 3. The molecule has 0 bridgehead atoms. The fourth-order valence-electron chi connectivity index (χ4n) is 1.48. The molecule has 0 saturated heterocycles. The second kappa shape index (κ2) is 9.22. The highest BCUT2D eigenvalue weighted by Crippen LogP contribution is 2.27. The van der Waals surface area contributed by atoms with Crippen molar-refractivity contribution < 1.29 is 23.8 Å². The standard InChI is InChI=1S/C14H19N3O5/c1-4-15-13(18)9-22-11-6-5-10(7-12(11)20-2)8-16-17-14(19)21-3/h5-8H,4,9H2,1-3H3,(H,15,18)(H,17,19)/b16-8+. The number of nitrogens with zero attached hydrogens (tertiary/aromatic N) is 1. The molecule has 22 heavy (non-hydrogen) atoms. The summed E-state index contributed by atoms with van der Waals surface area (Å²) in [7, 11) is 2.73. The summed E-state index contributed by atoms with van der Waals surface area (Å²) in [6, 6.07) is 5.02. The number of hydrogen-bond acceptors (Lipinski definition) is 6. The summed E-state index contributed by atoms with van der Waals surface area (Å²) in [5, 5.41) is 6.34. The third-order valence-electron chi connectivity index (χ3n) is 2.48. The SMILES string of the molecule is CCNC(=O)COc1ccc(/C=N/NC(=O)OC)cc1OC. The quantitative estimate of drug-likeness (QED) is 0.576. The number of likely N-dealkylation sites (N-methyl/N-ethyl adjacent to an activating group) is 1. The summed E-state index contributed by atoms with van der Waals surface area (Å²) in [5.74, 6) is 0.676. The molecule has 0 atom stereocenters. The maximum absolute atomic E-state index is 11.4. The van der Waals surface area contributed by atoms with Crippen LogP contribution in [0, 0.1) is 0 Å². The molecule has 0 aliphatic rings. The van der Waals surface area contributed by atoms with Crippen molar-refractivity contribution in [2.24, 2.45) is 5.10 Å². The van der Waals surface area contributed by atoms with Gasteiger partial charge in [-0.3, -0.25) is 4.79 Å². The van der Waals surface area contributed by atoms with Gasteiger partial charge in [0.15, 0.2) is 18.1 Å². The molecule has 0 saturated carbocycles. The van der Waals surface area contributed by atoms with Gasteiger partial charge >= 0.3 is 6.09 Å². The maximum Gasteiger partial charge on any atom is 0.427 e. The summed E-state index contributed by atoms with van der Waals surface area (Å²) < 4.78 is 15.0. The molecule has 0 aromatic heterocycles. The molecule has 0 spiro atoms. The van der Waals surface area contributed by atoms with E-state index in [9.17, 15) is 9.59 Å². The van der Waals surface area contributed by atoms with Gasteiger partial charge in [-0.25, -0.2) is 10.2 Å².